The van der Waals surface area contributed by atoms with Gasteiger partial charge in [0.1, 0.15) is 12.4 Å². The van der Waals surface area contributed by atoms with Crippen molar-refractivity contribution in [3.05, 3.63) is 53.1 Å². The molecule has 0 saturated heterocycles. The van der Waals surface area contributed by atoms with Gasteiger partial charge in [-0.2, -0.15) is 4.99 Å². The summed E-state index contributed by atoms with van der Waals surface area (Å²) >= 11 is 1.26. The molecule has 122 valence electrons. The lowest BCUT2D eigenvalue weighted by Crippen LogP contribution is -2.36. The van der Waals surface area contributed by atoms with E-state index in [4.69, 9.17) is 9.47 Å². The lowest BCUT2D eigenvalue weighted by Gasteiger charge is -2.23. The van der Waals surface area contributed by atoms with Gasteiger partial charge in [0.25, 0.3) is 5.91 Å². The predicted octanol–water partition coefficient (Wildman–Crippen LogP) is 2.65. The Morgan fingerprint density at radius 3 is 2.83 bits per heavy atom. The summed E-state index contributed by atoms with van der Waals surface area (Å²) in [5, 5.41) is 0. The quantitative estimate of drug-likeness (QED) is 0.682. The van der Waals surface area contributed by atoms with E-state index in [1.165, 1.54) is 17.4 Å². The van der Waals surface area contributed by atoms with Crippen LogP contribution in [0.2, 0.25) is 0 Å². The number of hydrogen-bond acceptors (Lipinski definition) is 4. The third kappa shape index (κ3) is 2.46. The molecule has 1 aromatic heterocycles. The van der Waals surface area contributed by atoms with Gasteiger partial charge in [-0.15, -0.1) is 0 Å². The van der Waals surface area contributed by atoms with Gasteiger partial charge in [0.05, 0.1) is 10.2 Å². The molecule has 2 aromatic carbocycles. The zero-order chi connectivity index (χ0) is 16.7. The molecule has 0 unspecified atom stereocenters. The first kappa shape index (κ1) is 14.9. The number of carbonyl (C=O) groups is 1. The Balaban J connectivity index is 1.68. The topological polar surface area (TPSA) is 52.8 Å². The van der Waals surface area contributed by atoms with Crippen molar-refractivity contribution < 1.29 is 18.7 Å². The Bertz CT molecular complexity index is 1010. The van der Waals surface area contributed by atoms with Crippen molar-refractivity contribution in [3.8, 4) is 11.5 Å². The summed E-state index contributed by atoms with van der Waals surface area (Å²) in [5.74, 6) is 0.332. The summed E-state index contributed by atoms with van der Waals surface area (Å²) in [5.41, 5.74) is 0.431. The van der Waals surface area contributed by atoms with Crippen molar-refractivity contribution in [3.63, 3.8) is 0 Å². The van der Waals surface area contributed by atoms with Gasteiger partial charge in [-0.3, -0.25) is 4.79 Å². The number of rotatable bonds is 1. The SMILES string of the molecule is Cn1c(=NC(=O)[C@H]2COc3ccccc3O2)sc2cccc(F)c21. The number of fused-ring (bicyclic) bond motifs is 2. The molecule has 1 atom stereocenters. The van der Waals surface area contributed by atoms with Crippen molar-refractivity contribution in [2.75, 3.05) is 6.61 Å². The molecule has 0 bridgehead atoms. The Kier molecular flexibility index (Phi) is 3.57. The molecule has 0 N–H and O–H groups in total. The third-order valence-corrected chi connectivity index (χ3v) is 4.86. The number of halogens is 1. The Morgan fingerprint density at radius 2 is 2.04 bits per heavy atom. The molecule has 1 aliphatic rings. The molecule has 0 spiro atoms. The number of para-hydroxylation sites is 3. The predicted molar refractivity (Wildman–Crippen MR) is 87.7 cm³/mol. The molecule has 2 heterocycles. The summed E-state index contributed by atoms with van der Waals surface area (Å²) in [6.45, 7) is 0.0995. The monoisotopic (exact) mass is 344 g/mol. The smallest absolute Gasteiger partial charge is 0.292 e. The average molecular weight is 344 g/mol. The molecule has 24 heavy (non-hydrogen) atoms. The van der Waals surface area contributed by atoms with E-state index in [0.717, 1.165) is 4.70 Å². The van der Waals surface area contributed by atoms with Crippen LogP contribution in [-0.4, -0.2) is 23.2 Å². The molecule has 0 radical (unpaired) electrons. The fraction of sp³-hybridized carbons (Fsp3) is 0.176. The summed E-state index contributed by atoms with van der Waals surface area (Å²) in [7, 11) is 1.68. The van der Waals surface area contributed by atoms with Crippen molar-refractivity contribution >= 4 is 27.5 Å². The lowest BCUT2D eigenvalue weighted by atomic mass is 10.2. The first-order chi connectivity index (χ1) is 11.6. The normalized spacial score (nSPS) is 17.2. The van der Waals surface area contributed by atoms with Gasteiger partial charge < -0.3 is 14.0 Å². The van der Waals surface area contributed by atoms with E-state index in [9.17, 15) is 9.18 Å². The molecule has 1 amide bonds. The van der Waals surface area contributed by atoms with E-state index in [0.29, 0.717) is 21.8 Å². The molecule has 0 fully saturated rings. The number of benzene rings is 2. The van der Waals surface area contributed by atoms with Crippen LogP contribution in [0.4, 0.5) is 4.39 Å². The van der Waals surface area contributed by atoms with Crippen molar-refractivity contribution in [1.82, 2.24) is 4.57 Å². The number of thiazole rings is 1. The number of aryl methyl sites for hydroxylation is 1. The van der Waals surface area contributed by atoms with E-state index >= 15 is 0 Å². The summed E-state index contributed by atoms with van der Waals surface area (Å²) < 4.78 is 27.4. The van der Waals surface area contributed by atoms with Crippen LogP contribution in [0, 0.1) is 5.82 Å². The number of hydrogen-bond donors (Lipinski definition) is 0. The average Bonchev–Trinajstić information content (AvgIpc) is 2.91. The molecule has 5 nitrogen and oxygen atoms in total. The van der Waals surface area contributed by atoms with Gasteiger partial charge in [-0.1, -0.05) is 29.5 Å². The number of aromatic nitrogens is 1. The molecule has 3 aromatic rings. The highest BCUT2D eigenvalue weighted by Crippen LogP contribution is 2.31. The van der Waals surface area contributed by atoms with Crippen LogP contribution in [0.15, 0.2) is 47.5 Å². The zero-order valence-electron chi connectivity index (χ0n) is 12.7. The number of amides is 1. The fourth-order valence-corrected chi connectivity index (χ4v) is 3.61. The van der Waals surface area contributed by atoms with Crippen LogP contribution in [0.5, 0.6) is 11.5 Å². The van der Waals surface area contributed by atoms with Crippen LogP contribution >= 0.6 is 11.3 Å². The third-order valence-electron chi connectivity index (χ3n) is 3.76. The van der Waals surface area contributed by atoms with Gasteiger partial charge in [-0.25, -0.2) is 4.39 Å². The van der Waals surface area contributed by atoms with Crippen LogP contribution < -0.4 is 14.3 Å². The Morgan fingerprint density at radius 1 is 1.25 bits per heavy atom. The van der Waals surface area contributed by atoms with Gasteiger partial charge in [0.15, 0.2) is 16.3 Å². The number of nitrogens with zero attached hydrogens (tertiary/aromatic N) is 2. The maximum absolute atomic E-state index is 13.9. The second kappa shape index (κ2) is 5.76. The van der Waals surface area contributed by atoms with E-state index in [1.807, 2.05) is 6.07 Å². The largest absolute Gasteiger partial charge is 0.485 e. The van der Waals surface area contributed by atoms with Crippen molar-refractivity contribution in [1.29, 1.82) is 0 Å². The maximum atomic E-state index is 13.9. The molecular weight excluding hydrogens is 331 g/mol. The van der Waals surface area contributed by atoms with E-state index in [-0.39, 0.29) is 12.4 Å². The zero-order valence-corrected chi connectivity index (χ0v) is 13.5. The van der Waals surface area contributed by atoms with Crippen LogP contribution in [-0.2, 0) is 11.8 Å². The molecule has 4 rings (SSSR count). The highest BCUT2D eigenvalue weighted by molar-refractivity contribution is 7.16. The van der Waals surface area contributed by atoms with E-state index in [1.54, 1.807) is 41.9 Å². The minimum atomic E-state index is -0.810. The summed E-state index contributed by atoms with van der Waals surface area (Å²) in [6, 6.07) is 12.0. The minimum absolute atomic E-state index is 0.0995. The van der Waals surface area contributed by atoms with Gasteiger partial charge in [0, 0.05) is 7.05 Å². The molecule has 1 aliphatic heterocycles. The van der Waals surface area contributed by atoms with E-state index in [2.05, 4.69) is 4.99 Å². The van der Waals surface area contributed by atoms with E-state index < -0.39 is 12.0 Å². The van der Waals surface area contributed by atoms with Crippen molar-refractivity contribution in [2.45, 2.75) is 6.10 Å². The summed E-state index contributed by atoms with van der Waals surface area (Å²) in [4.78, 5) is 16.9. The molecule has 0 saturated carbocycles. The number of carbonyl (C=O) groups excluding carboxylic acids is 1. The standard InChI is InChI=1S/C17H13FN2O3S/c1-20-15-10(18)5-4-8-14(15)24-17(20)19-16(21)13-9-22-11-6-2-3-7-12(11)23-13/h2-8,13H,9H2,1H3/t13-/m1/s1. The van der Waals surface area contributed by atoms with Gasteiger partial charge in [-0.05, 0) is 24.3 Å². The highest BCUT2D eigenvalue weighted by atomic mass is 32.1. The van der Waals surface area contributed by atoms with Gasteiger partial charge >= 0.3 is 0 Å². The van der Waals surface area contributed by atoms with Gasteiger partial charge in [0.2, 0.25) is 6.10 Å². The molecule has 0 aliphatic carbocycles. The van der Waals surface area contributed by atoms with Crippen LogP contribution in [0.3, 0.4) is 0 Å². The molecular formula is C17H13FN2O3S. The maximum Gasteiger partial charge on any atom is 0.292 e. The Hall–Kier alpha value is -2.67. The fourth-order valence-electron chi connectivity index (χ4n) is 2.57. The second-order valence-electron chi connectivity index (χ2n) is 5.34. The van der Waals surface area contributed by atoms with Crippen LogP contribution in [0.1, 0.15) is 0 Å². The first-order valence-electron chi connectivity index (χ1n) is 7.34. The summed E-state index contributed by atoms with van der Waals surface area (Å²) in [6.07, 6.45) is -0.810. The highest BCUT2D eigenvalue weighted by Gasteiger charge is 2.27. The molecule has 7 heteroatoms. The van der Waals surface area contributed by atoms with Crippen LogP contribution in [0.25, 0.3) is 10.2 Å². The van der Waals surface area contributed by atoms with Crippen molar-refractivity contribution in [2.24, 2.45) is 12.0 Å². The first-order valence-corrected chi connectivity index (χ1v) is 8.16. The minimum Gasteiger partial charge on any atom is -0.485 e. The lowest BCUT2D eigenvalue weighted by molar-refractivity contribution is -0.127. The number of ether oxygens (including phenoxy) is 2. The second-order valence-corrected chi connectivity index (χ2v) is 6.35. The Labute approximate surface area is 140 Å².